The van der Waals surface area contributed by atoms with Gasteiger partial charge >= 0.3 is 0 Å². The van der Waals surface area contributed by atoms with E-state index in [-0.39, 0.29) is 11.7 Å². The van der Waals surface area contributed by atoms with Gasteiger partial charge in [-0.05, 0) is 30.2 Å². The number of aliphatic hydroxyl groups is 1. The summed E-state index contributed by atoms with van der Waals surface area (Å²) in [4.78, 5) is 0. The second-order valence-electron chi connectivity index (χ2n) is 4.75. The quantitative estimate of drug-likeness (QED) is 0.886. The molecule has 2 aromatic carbocycles. The zero-order valence-corrected chi connectivity index (χ0v) is 10.9. The van der Waals surface area contributed by atoms with E-state index in [1.807, 2.05) is 31.2 Å². The molecular formula is C16H18FNO. The fraction of sp³-hybridized carbons (Fsp3) is 0.250. The first-order valence-electron chi connectivity index (χ1n) is 6.32. The number of aryl methyl sites for hydroxylation is 1. The Morgan fingerprint density at radius 1 is 1.11 bits per heavy atom. The molecule has 100 valence electrons. The lowest BCUT2D eigenvalue weighted by atomic mass is 9.88. The molecule has 0 bridgehead atoms. The SMILES string of the molecule is Cc1cccc(C(CN)C(O)c2ccc(F)cc2)c1. The molecule has 3 heteroatoms. The molecule has 2 unspecified atom stereocenters. The maximum atomic E-state index is 12.9. The average molecular weight is 259 g/mol. The van der Waals surface area contributed by atoms with Crippen LogP contribution >= 0.6 is 0 Å². The van der Waals surface area contributed by atoms with E-state index in [4.69, 9.17) is 5.73 Å². The van der Waals surface area contributed by atoms with Crippen molar-refractivity contribution in [1.82, 2.24) is 0 Å². The Bertz CT molecular complexity index is 539. The van der Waals surface area contributed by atoms with E-state index in [1.165, 1.54) is 12.1 Å². The normalized spacial score (nSPS) is 14.1. The van der Waals surface area contributed by atoms with Gasteiger partial charge in [0.15, 0.2) is 0 Å². The van der Waals surface area contributed by atoms with Gasteiger partial charge in [0.25, 0.3) is 0 Å². The van der Waals surface area contributed by atoms with Gasteiger partial charge in [-0.15, -0.1) is 0 Å². The summed E-state index contributed by atoms with van der Waals surface area (Å²) in [6.45, 7) is 2.34. The molecule has 0 aliphatic carbocycles. The van der Waals surface area contributed by atoms with Gasteiger partial charge in [-0.3, -0.25) is 0 Å². The summed E-state index contributed by atoms with van der Waals surface area (Å²) in [6, 6.07) is 13.8. The Hall–Kier alpha value is -1.71. The lowest BCUT2D eigenvalue weighted by molar-refractivity contribution is 0.147. The largest absolute Gasteiger partial charge is 0.388 e. The number of rotatable bonds is 4. The summed E-state index contributed by atoms with van der Waals surface area (Å²) in [5.74, 6) is -0.499. The molecule has 2 aromatic rings. The number of halogens is 1. The number of aliphatic hydroxyl groups excluding tert-OH is 1. The van der Waals surface area contributed by atoms with Crippen molar-refractivity contribution >= 4 is 0 Å². The van der Waals surface area contributed by atoms with Crippen LogP contribution in [-0.4, -0.2) is 11.7 Å². The van der Waals surface area contributed by atoms with Crippen molar-refractivity contribution in [2.75, 3.05) is 6.54 Å². The molecule has 0 spiro atoms. The second-order valence-corrected chi connectivity index (χ2v) is 4.75. The summed E-state index contributed by atoms with van der Waals surface area (Å²) >= 11 is 0. The van der Waals surface area contributed by atoms with Crippen LogP contribution in [0.15, 0.2) is 48.5 Å². The molecule has 0 radical (unpaired) electrons. The van der Waals surface area contributed by atoms with Crippen LogP contribution in [0.3, 0.4) is 0 Å². The fourth-order valence-electron chi connectivity index (χ4n) is 2.24. The predicted molar refractivity (Wildman–Crippen MR) is 74.3 cm³/mol. The first kappa shape index (κ1) is 13.7. The molecule has 0 aliphatic rings. The molecule has 0 saturated carbocycles. The van der Waals surface area contributed by atoms with Gasteiger partial charge in [0.05, 0.1) is 6.10 Å². The molecule has 0 saturated heterocycles. The van der Waals surface area contributed by atoms with E-state index < -0.39 is 6.10 Å². The van der Waals surface area contributed by atoms with Gasteiger partial charge < -0.3 is 10.8 Å². The van der Waals surface area contributed by atoms with Gasteiger partial charge in [0.1, 0.15) is 5.82 Å². The van der Waals surface area contributed by atoms with Crippen LogP contribution in [0, 0.1) is 12.7 Å². The summed E-state index contributed by atoms with van der Waals surface area (Å²) in [6.07, 6.45) is -0.729. The van der Waals surface area contributed by atoms with Crippen LogP contribution < -0.4 is 5.73 Å². The first-order chi connectivity index (χ1) is 9.11. The predicted octanol–water partition coefficient (Wildman–Crippen LogP) is 2.91. The number of nitrogens with two attached hydrogens (primary N) is 1. The van der Waals surface area contributed by atoms with Crippen molar-refractivity contribution < 1.29 is 9.50 Å². The molecule has 3 N–H and O–H groups in total. The highest BCUT2D eigenvalue weighted by atomic mass is 19.1. The molecule has 0 heterocycles. The van der Waals surface area contributed by atoms with E-state index in [0.29, 0.717) is 12.1 Å². The summed E-state index contributed by atoms with van der Waals surface area (Å²) in [7, 11) is 0. The third-order valence-electron chi connectivity index (χ3n) is 3.32. The molecule has 0 aliphatic heterocycles. The molecule has 19 heavy (non-hydrogen) atoms. The highest BCUT2D eigenvalue weighted by Gasteiger charge is 2.21. The topological polar surface area (TPSA) is 46.2 Å². The zero-order valence-electron chi connectivity index (χ0n) is 10.9. The maximum Gasteiger partial charge on any atom is 0.123 e. The van der Waals surface area contributed by atoms with E-state index >= 15 is 0 Å². The zero-order chi connectivity index (χ0) is 13.8. The number of benzene rings is 2. The van der Waals surface area contributed by atoms with Crippen LogP contribution in [0.1, 0.15) is 28.7 Å². The molecule has 2 rings (SSSR count). The summed E-state index contributed by atoms with van der Waals surface area (Å²) in [5, 5.41) is 10.4. The van der Waals surface area contributed by atoms with Gasteiger partial charge in [0.2, 0.25) is 0 Å². The highest BCUT2D eigenvalue weighted by Crippen LogP contribution is 2.30. The Balaban J connectivity index is 2.28. The third kappa shape index (κ3) is 3.19. The van der Waals surface area contributed by atoms with Crippen molar-refractivity contribution in [1.29, 1.82) is 0 Å². The van der Waals surface area contributed by atoms with Crippen molar-refractivity contribution in [3.05, 3.63) is 71.0 Å². The molecular weight excluding hydrogens is 241 g/mol. The lowest BCUT2D eigenvalue weighted by Gasteiger charge is -2.22. The Morgan fingerprint density at radius 2 is 1.79 bits per heavy atom. The lowest BCUT2D eigenvalue weighted by Crippen LogP contribution is -2.20. The Labute approximate surface area is 112 Å². The van der Waals surface area contributed by atoms with Crippen LogP contribution in [0.25, 0.3) is 0 Å². The summed E-state index contributed by atoms with van der Waals surface area (Å²) in [5.41, 5.74) is 8.59. The first-order valence-corrected chi connectivity index (χ1v) is 6.32. The standard InChI is InChI=1S/C16H18FNO/c1-11-3-2-4-13(9-11)15(10-18)16(19)12-5-7-14(17)8-6-12/h2-9,15-16,19H,10,18H2,1H3. The van der Waals surface area contributed by atoms with Gasteiger partial charge in [-0.25, -0.2) is 4.39 Å². The van der Waals surface area contributed by atoms with Crippen molar-refractivity contribution in [2.24, 2.45) is 5.73 Å². The monoisotopic (exact) mass is 259 g/mol. The fourth-order valence-corrected chi connectivity index (χ4v) is 2.24. The highest BCUT2D eigenvalue weighted by molar-refractivity contribution is 5.30. The van der Waals surface area contributed by atoms with E-state index in [9.17, 15) is 9.50 Å². The molecule has 0 amide bonds. The van der Waals surface area contributed by atoms with E-state index in [2.05, 4.69) is 0 Å². The Morgan fingerprint density at radius 3 is 2.37 bits per heavy atom. The van der Waals surface area contributed by atoms with Crippen LogP contribution in [-0.2, 0) is 0 Å². The van der Waals surface area contributed by atoms with Crippen LogP contribution in [0.4, 0.5) is 4.39 Å². The van der Waals surface area contributed by atoms with Crippen molar-refractivity contribution in [2.45, 2.75) is 18.9 Å². The molecule has 2 atom stereocenters. The number of hydrogen-bond donors (Lipinski definition) is 2. The van der Waals surface area contributed by atoms with E-state index in [0.717, 1.165) is 11.1 Å². The summed E-state index contributed by atoms with van der Waals surface area (Å²) < 4.78 is 12.9. The minimum absolute atomic E-state index is 0.189. The average Bonchev–Trinajstić information content (AvgIpc) is 2.40. The van der Waals surface area contributed by atoms with Crippen molar-refractivity contribution in [3.63, 3.8) is 0 Å². The Kier molecular flexibility index (Phi) is 4.30. The minimum atomic E-state index is -0.729. The minimum Gasteiger partial charge on any atom is -0.388 e. The smallest absolute Gasteiger partial charge is 0.123 e. The van der Waals surface area contributed by atoms with Crippen molar-refractivity contribution in [3.8, 4) is 0 Å². The molecule has 2 nitrogen and oxygen atoms in total. The number of hydrogen-bond acceptors (Lipinski definition) is 2. The van der Waals surface area contributed by atoms with Gasteiger partial charge in [-0.2, -0.15) is 0 Å². The van der Waals surface area contributed by atoms with Crippen LogP contribution in [0.5, 0.6) is 0 Å². The molecule has 0 aromatic heterocycles. The molecule has 0 fully saturated rings. The van der Waals surface area contributed by atoms with Gasteiger partial charge in [0, 0.05) is 12.5 Å². The van der Waals surface area contributed by atoms with E-state index in [1.54, 1.807) is 12.1 Å². The van der Waals surface area contributed by atoms with Gasteiger partial charge in [-0.1, -0.05) is 42.0 Å². The maximum absolute atomic E-state index is 12.9. The third-order valence-corrected chi connectivity index (χ3v) is 3.32. The van der Waals surface area contributed by atoms with Crippen LogP contribution in [0.2, 0.25) is 0 Å². The second kappa shape index (κ2) is 5.95.